The predicted molar refractivity (Wildman–Crippen MR) is 48.3 cm³/mol. The van der Waals surface area contributed by atoms with Crippen LogP contribution < -0.4 is 4.74 Å². The summed E-state index contributed by atoms with van der Waals surface area (Å²) in [6.45, 7) is 0. The van der Waals surface area contributed by atoms with Gasteiger partial charge in [-0.2, -0.15) is 13.2 Å². The maximum absolute atomic E-state index is 12.5. The quantitative estimate of drug-likeness (QED) is 0.611. The Hall–Kier alpha value is -1.66. The zero-order valence-electron chi connectivity index (χ0n) is 8.52. The van der Waals surface area contributed by atoms with E-state index in [9.17, 15) is 26.7 Å². The number of halogens is 5. The number of methoxy groups -OCH3 is 1. The first-order valence-electron chi connectivity index (χ1n) is 4.35. The molecule has 0 fully saturated rings. The van der Waals surface area contributed by atoms with Crippen LogP contribution in [0.5, 0.6) is 5.75 Å². The van der Waals surface area contributed by atoms with Gasteiger partial charge in [-0.1, -0.05) is 0 Å². The van der Waals surface area contributed by atoms with Gasteiger partial charge in [0.25, 0.3) is 0 Å². The molecule has 0 atom stereocenters. The van der Waals surface area contributed by atoms with Crippen LogP contribution in [0.15, 0.2) is 18.2 Å². The minimum absolute atomic E-state index is 0.164. The highest BCUT2D eigenvalue weighted by atomic mass is 19.4. The Bertz CT molecular complexity index is 425. The normalized spacial score (nSPS) is 11.7. The molecule has 1 aromatic carbocycles. The first-order chi connectivity index (χ1) is 7.77. The predicted octanol–water partition coefficient (Wildman–Crippen LogP) is 3.16. The van der Waals surface area contributed by atoms with Crippen molar-refractivity contribution in [1.82, 2.24) is 0 Å². The lowest BCUT2D eigenvalue weighted by molar-refractivity contribution is -0.138. The second-order valence-electron chi connectivity index (χ2n) is 3.07. The number of benzene rings is 1. The van der Waals surface area contributed by atoms with Crippen molar-refractivity contribution in [3.63, 3.8) is 0 Å². The van der Waals surface area contributed by atoms with Gasteiger partial charge in [-0.25, -0.2) is 8.78 Å². The van der Waals surface area contributed by atoms with Crippen LogP contribution in [0, 0.1) is 0 Å². The van der Waals surface area contributed by atoms with Gasteiger partial charge in [0, 0.05) is 5.56 Å². The molecule has 7 heteroatoms. The molecule has 0 spiro atoms. The minimum atomic E-state index is -4.89. The molecule has 0 N–H and O–H groups in total. The standard InChI is InChI=1S/C10H7F5O2/c1-17-5-2-3-6(8(16)9(11)12)7(4-5)10(13,14)15/h2-4,9H,1H3. The van der Waals surface area contributed by atoms with Crippen molar-refractivity contribution in [2.45, 2.75) is 12.6 Å². The average Bonchev–Trinajstić information content (AvgIpc) is 2.26. The number of alkyl halides is 5. The molecule has 94 valence electrons. The summed E-state index contributed by atoms with van der Waals surface area (Å²) in [5.74, 6) is -2.02. The fourth-order valence-corrected chi connectivity index (χ4v) is 1.22. The first-order valence-corrected chi connectivity index (χ1v) is 4.35. The number of ketones is 1. The fourth-order valence-electron chi connectivity index (χ4n) is 1.22. The van der Waals surface area contributed by atoms with Crippen molar-refractivity contribution in [2.24, 2.45) is 0 Å². The zero-order chi connectivity index (χ0) is 13.2. The van der Waals surface area contributed by atoms with Gasteiger partial charge in [-0.3, -0.25) is 4.79 Å². The maximum atomic E-state index is 12.5. The third-order valence-corrected chi connectivity index (χ3v) is 2.00. The van der Waals surface area contributed by atoms with Gasteiger partial charge in [-0.05, 0) is 18.2 Å². The Morgan fingerprint density at radius 1 is 1.29 bits per heavy atom. The Morgan fingerprint density at radius 3 is 2.29 bits per heavy atom. The summed E-state index contributed by atoms with van der Waals surface area (Å²) in [5.41, 5.74) is -2.49. The third-order valence-electron chi connectivity index (χ3n) is 2.00. The van der Waals surface area contributed by atoms with E-state index in [1.54, 1.807) is 0 Å². The van der Waals surface area contributed by atoms with E-state index >= 15 is 0 Å². The fraction of sp³-hybridized carbons (Fsp3) is 0.300. The van der Waals surface area contributed by atoms with Crippen molar-refractivity contribution in [1.29, 1.82) is 0 Å². The molecule has 0 unspecified atom stereocenters. The molecular weight excluding hydrogens is 247 g/mol. The molecule has 0 aliphatic heterocycles. The highest BCUT2D eigenvalue weighted by Gasteiger charge is 2.37. The molecule has 0 aliphatic rings. The van der Waals surface area contributed by atoms with E-state index < -0.39 is 29.5 Å². The molecule has 0 amide bonds. The summed E-state index contributed by atoms with van der Waals surface area (Å²) in [5, 5.41) is 0. The second kappa shape index (κ2) is 4.68. The van der Waals surface area contributed by atoms with Gasteiger partial charge >= 0.3 is 12.6 Å². The summed E-state index contributed by atoms with van der Waals surface area (Å²) < 4.78 is 66.4. The number of Topliss-reactive ketones (excluding diaryl/α,β-unsaturated/α-hetero) is 1. The Labute approximate surface area is 93.0 Å². The molecule has 0 radical (unpaired) electrons. The summed E-state index contributed by atoms with van der Waals surface area (Å²) in [7, 11) is 1.13. The van der Waals surface area contributed by atoms with Crippen LogP contribution in [0.2, 0.25) is 0 Å². The van der Waals surface area contributed by atoms with Gasteiger partial charge in [-0.15, -0.1) is 0 Å². The molecule has 1 aromatic rings. The zero-order valence-corrected chi connectivity index (χ0v) is 8.52. The Morgan fingerprint density at radius 2 is 1.88 bits per heavy atom. The lowest BCUT2D eigenvalue weighted by Crippen LogP contribution is -2.18. The molecular formula is C10H7F5O2. The molecule has 0 saturated heterocycles. The van der Waals surface area contributed by atoms with Crippen LogP contribution in [0.1, 0.15) is 15.9 Å². The average molecular weight is 254 g/mol. The van der Waals surface area contributed by atoms with E-state index in [1.807, 2.05) is 0 Å². The van der Waals surface area contributed by atoms with Gasteiger partial charge in [0.2, 0.25) is 5.78 Å². The lowest BCUT2D eigenvalue weighted by Gasteiger charge is -2.13. The number of carbonyl (C=O) groups is 1. The number of rotatable bonds is 3. The van der Waals surface area contributed by atoms with Gasteiger partial charge < -0.3 is 4.74 Å². The third kappa shape index (κ3) is 2.92. The summed E-state index contributed by atoms with van der Waals surface area (Å²) >= 11 is 0. The molecule has 0 aromatic heterocycles. The Balaban J connectivity index is 3.35. The van der Waals surface area contributed by atoms with Crippen molar-refractivity contribution >= 4 is 5.78 Å². The molecule has 0 bridgehead atoms. The molecule has 1 rings (SSSR count). The van der Waals surface area contributed by atoms with E-state index in [0.29, 0.717) is 12.1 Å². The van der Waals surface area contributed by atoms with E-state index in [0.717, 1.165) is 13.2 Å². The molecule has 2 nitrogen and oxygen atoms in total. The van der Waals surface area contributed by atoms with E-state index in [4.69, 9.17) is 0 Å². The highest BCUT2D eigenvalue weighted by Crippen LogP contribution is 2.35. The van der Waals surface area contributed by atoms with E-state index in [-0.39, 0.29) is 5.75 Å². The van der Waals surface area contributed by atoms with Gasteiger partial charge in [0.05, 0.1) is 12.7 Å². The number of hydrogen-bond donors (Lipinski definition) is 0. The molecule has 0 saturated carbocycles. The minimum Gasteiger partial charge on any atom is -0.497 e. The highest BCUT2D eigenvalue weighted by molar-refractivity contribution is 6.00. The molecule has 0 heterocycles. The van der Waals surface area contributed by atoms with Crippen LogP contribution >= 0.6 is 0 Å². The van der Waals surface area contributed by atoms with Crippen molar-refractivity contribution in [3.8, 4) is 5.75 Å². The maximum Gasteiger partial charge on any atom is 0.417 e. The second-order valence-corrected chi connectivity index (χ2v) is 3.07. The van der Waals surface area contributed by atoms with Crippen molar-refractivity contribution in [3.05, 3.63) is 29.3 Å². The van der Waals surface area contributed by atoms with Crippen LogP contribution in [0.4, 0.5) is 22.0 Å². The molecule has 17 heavy (non-hydrogen) atoms. The van der Waals surface area contributed by atoms with Gasteiger partial charge in [0.1, 0.15) is 5.75 Å². The SMILES string of the molecule is COc1ccc(C(=O)C(F)F)c(C(F)(F)F)c1. The summed E-state index contributed by atoms with van der Waals surface area (Å²) in [4.78, 5) is 10.9. The number of hydrogen-bond acceptors (Lipinski definition) is 2. The van der Waals surface area contributed by atoms with Crippen molar-refractivity contribution < 1.29 is 31.5 Å². The van der Waals surface area contributed by atoms with Crippen LogP contribution in [-0.4, -0.2) is 19.3 Å². The monoisotopic (exact) mass is 254 g/mol. The summed E-state index contributed by atoms with van der Waals surface area (Å²) in [6, 6.07) is 2.20. The largest absolute Gasteiger partial charge is 0.497 e. The van der Waals surface area contributed by atoms with Crippen molar-refractivity contribution in [2.75, 3.05) is 7.11 Å². The van der Waals surface area contributed by atoms with Crippen LogP contribution in [0.25, 0.3) is 0 Å². The van der Waals surface area contributed by atoms with Crippen LogP contribution in [0.3, 0.4) is 0 Å². The topological polar surface area (TPSA) is 26.3 Å². The first kappa shape index (κ1) is 13.4. The van der Waals surface area contributed by atoms with E-state index in [1.165, 1.54) is 0 Å². The van der Waals surface area contributed by atoms with Gasteiger partial charge in [0.15, 0.2) is 0 Å². The Kier molecular flexibility index (Phi) is 3.69. The smallest absolute Gasteiger partial charge is 0.417 e. The summed E-state index contributed by atoms with van der Waals surface area (Å²) in [6.07, 6.45) is -8.38. The number of carbonyl (C=O) groups excluding carboxylic acids is 1. The van der Waals surface area contributed by atoms with Crippen LogP contribution in [-0.2, 0) is 6.18 Å². The lowest BCUT2D eigenvalue weighted by atomic mass is 10.0. The van der Waals surface area contributed by atoms with E-state index in [2.05, 4.69) is 4.74 Å². The number of ether oxygens (including phenoxy) is 1. The molecule has 0 aliphatic carbocycles.